The fourth-order valence-corrected chi connectivity index (χ4v) is 2.25. The summed E-state index contributed by atoms with van der Waals surface area (Å²) in [6, 6.07) is 12.6. The number of aromatic nitrogens is 2. The summed E-state index contributed by atoms with van der Waals surface area (Å²) in [5.41, 5.74) is 1.03. The Hall–Kier alpha value is -3.52. The second-order valence-corrected chi connectivity index (χ2v) is 5.79. The Morgan fingerprint density at radius 1 is 1.18 bits per heavy atom. The zero-order valence-electron chi connectivity index (χ0n) is 14.4. The van der Waals surface area contributed by atoms with E-state index in [4.69, 9.17) is 21.2 Å². The summed E-state index contributed by atoms with van der Waals surface area (Å²) in [5.74, 6) is -0.395. The molecule has 1 aromatic heterocycles. The molecule has 2 aromatic carbocycles. The van der Waals surface area contributed by atoms with Gasteiger partial charge in [-0.25, -0.2) is 14.4 Å². The van der Waals surface area contributed by atoms with E-state index >= 15 is 0 Å². The number of carbonyl (C=O) groups excluding carboxylic acids is 1. The molecule has 3 aromatic rings. The predicted molar refractivity (Wildman–Crippen MR) is 102 cm³/mol. The van der Waals surface area contributed by atoms with E-state index in [-0.39, 0.29) is 17.6 Å². The van der Waals surface area contributed by atoms with Gasteiger partial charge in [-0.1, -0.05) is 16.8 Å². The molecule has 0 bridgehead atoms. The molecule has 0 unspecified atom stereocenters. The highest BCUT2D eigenvalue weighted by molar-refractivity contribution is 6.33. The largest absolute Gasteiger partial charge is 0.424 e. The number of nitrogens with one attached hydrogen (secondary N) is 1. The number of rotatable bonds is 7. The van der Waals surface area contributed by atoms with Gasteiger partial charge in [-0.2, -0.15) is 0 Å². The summed E-state index contributed by atoms with van der Waals surface area (Å²) in [6.45, 7) is -0.323. The van der Waals surface area contributed by atoms with Crippen molar-refractivity contribution in [1.82, 2.24) is 9.97 Å². The highest BCUT2D eigenvalue weighted by atomic mass is 35.5. The third-order valence-corrected chi connectivity index (χ3v) is 3.62. The normalized spacial score (nSPS) is 10.6. The van der Waals surface area contributed by atoms with Gasteiger partial charge in [0.25, 0.3) is 5.91 Å². The van der Waals surface area contributed by atoms with Crippen molar-refractivity contribution in [3.63, 3.8) is 0 Å². The molecule has 0 atom stereocenters. The average molecular weight is 401 g/mol. The van der Waals surface area contributed by atoms with E-state index in [1.54, 1.807) is 42.7 Å². The van der Waals surface area contributed by atoms with Crippen LogP contribution in [0.1, 0.15) is 5.56 Å². The van der Waals surface area contributed by atoms with Crippen LogP contribution in [0.5, 0.6) is 11.8 Å². The van der Waals surface area contributed by atoms with Crippen LogP contribution in [0, 0.1) is 5.82 Å². The number of anilines is 1. The van der Waals surface area contributed by atoms with Crippen molar-refractivity contribution in [2.75, 3.05) is 11.9 Å². The number of amides is 1. The van der Waals surface area contributed by atoms with E-state index in [0.717, 1.165) is 11.6 Å². The molecule has 1 N–H and O–H groups in total. The average Bonchev–Trinajstić information content (AvgIpc) is 2.69. The van der Waals surface area contributed by atoms with Crippen molar-refractivity contribution < 1.29 is 18.8 Å². The molecule has 1 amide bonds. The van der Waals surface area contributed by atoms with Crippen LogP contribution < -0.4 is 10.1 Å². The summed E-state index contributed by atoms with van der Waals surface area (Å²) >= 11 is 5.84. The molecule has 3 rings (SSSR count). The molecular weight excluding hydrogens is 387 g/mol. The van der Waals surface area contributed by atoms with Crippen molar-refractivity contribution in [3.05, 3.63) is 77.3 Å². The maximum absolute atomic E-state index is 13.0. The Labute approximate surface area is 164 Å². The SMILES string of the molecule is O=C(CON=Cc1ccc(Oc2ncccn2)cc1)Nc1ccc(F)cc1Cl. The molecule has 1 heterocycles. The summed E-state index contributed by atoms with van der Waals surface area (Å²) < 4.78 is 18.5. The molecule has 28 heavy (non-hydrogen) atoms. The second-order valence-electron chi connectivity index (χ2n) is 5.38. The van der Waals surface area contributed by atoms with Crippen molar-refractivity contribution in [2.24, 2.45) is 5.16 Å². The lowest BCUT2D eigenvalue weighted by Crippen LogP contribution is -2.17. The lowest BCUT2D eigenvalue weighted by atomic mass is 10.2. The van der Waals surface area contributed by atoms with Crippen LogP contribution in [0.4, 0.5) is 10.1 Å². The van der Waals surface area contributed by atoms with E-state index < -0.39 is 11.7 Å². The first kappa shape index (κ1) is 19.2. The van der Waals surface area contributed by atoms with Gasteiger partial charge in [-0.3, -0.25) is 4.79 Å². The molecule has 0 aliphatic heterocycles. The topological polar surface area (TPSA) is 85.7 Å². The van der Waals surface area contributed by atoms with Gasteiger partial charge in [0.15, 0.2) is 6.61 Å². The third kappa shape index (κ3) is 5.75. The number of hydrogen-bond acceptors (Lipinski definition) is 6. The zero-order chi connectivity index (χ0) is 19.8. The molecule has 7 nitrogen and oxygen atoms in total. The Bertz CT molecular complexity index is 969. The van der Waals surface area contributed by atoms with Gasteiger partial charge >= 0.3 is 6.01 Å². The number of nitrogens with zero attached hydrogens (tertiary/aromatic N) is 3. The monoisotopic (exact) mass is 400 g/mol. The van der Waals surface area contributed by atoms with Crippen LogP contribution in [0.25, 0.3) is 0 Å². The Morgan fingerprint density at radius 2 is 1.93 bits per heavy atom. The fraction of sp³-hybridized carbons (Fsp3) is 0.0526. The van der Waals surface area contributed by atoms with E-state index in [9.17, 15) is 9.18 Å². The van der Waals surface area contributed by atoms with Crippen molar-refractivity contribution >= 4 is 29.4 Å². The molecule has 0 spiro atoms. The van der Waals surface area contributed by atoms with Gasteiger partial charge in [-0.05, 0) is 54.1 Å². The van der Waals surface area contributed by atoms with Crippen LogP contribution in [0.2, 0.25) is 5.02 Å². The molecule has 0 fully saturated rings. The minimum absolute atomic E-state index is 0.0973. The first-order valence-corrected chi connectivity index (χ1v) is 8.43. The summed E-state index contributed by atoms with van der Waals surface area (Å²) in [5, 5.41) is 6.33. The van der Waals surface area contributed by atoms with Crippen LogP contribution in [0.3, 0.4) is 0 Å². The van der Waals surface area contributed by atoms with Gasteiger partial charge in [0.05, 0.1) is 16.9 Å². The number of oxime groups is 1. The lowest BCUT2D eigenvalue weighted by molar-refractivity contribution is -0.120. The molecule has 142 valence electrons. The van der Waals surface area contributed by atoms with Crippen molar-refractivity contribution in [3.8, 4) is 11.8 Å². The molecule has 0 aliphatic rings. The Balaban J connectivity index is 1.46. The highest BCUT2D eigenvalue weighted by Crippen LogP contribution is 2.22. The highest BCUT2D eigenvalue weighted by Gasteiger charge is 2.07. The minimum atomic E-state index is -0.489. The van der Waals surface area contributed by atoms with Gasteiger partial charge in [-0.15, -0.1) is 0 Å². The van der Waals surface area contributed by atoms with Crippen molar-refractivity contribution in [1.29, 1.82) is 0 Å². The van der Waals surface area contributed by atoms with Crippen LogP contribution in [-0.4, -0.2) is 28.7 Å². The predicted octanol–water partition coefficient (Wildman–Crippen LogP) is 4.05. The molecule has 9 heteroatoms. The number of benzene rings is 2. The fourth-order valence-electron chi connectivity index (χ4n) is 2.04. The number of ether oxygens (including phenoxy) is 1. The minimum Gasteiger partial charge on any atom is -0.424 e. The van der Waals surface area contributed by atoms with Crippen molar-refractivity contribution in [2.45, 2.75) is 0 Å². The van der Waals surface area contributed by atoms with Crippen LogP contribution in [0.15, 0.2) is 66.1 Å². The number of hydrogen-bond donors (Lipinski definition) is 1. The first-order chi connectivity index (χ1) is 13.6. The number of halogens is 2. The second kappa shape index (κ2) is 9.43. The first-order valence-electron chi connectivity index (χ1n) is 8.05. The number of carbonyl (C=O) groups is 1. The van der Waals surface area contributed by atoms with E-state index in [1.807, 2.05) is 0 Å². The van der Waals surface area contributed by atoms with Gasteiger partial charge < -0.3 is 14.9 Å². The Morgan fingerprint density at radius 3 is 2.64 bits per heavy atom. The summed E-state index contributed by atoms with van der Waals surface area (Å²) in [4.78, 5) is 24.7. The van der Waals surface area contributed by atoms with Crippen LogP contribution >= 0.6 is 11.6 Å². The van der Waals surface area contributed by atoms with E-state index in [0.29, 0.717) is 11.4 Å². The maximum Gasteiger partial charge on any atom is 0.321 e. The molecule has 0 saturated carbocycles. The van der Waals surface area contributed by atoms with Gasteiger partial charge in [0, 0.05) is 12.4 Å². The van der Waals surface area contributed by atoms with Gasteiger partial charge in [0.2, 0.25) is 0 Å². The third-order valence-electron chi connectivity index (χ3n) is 3.31. The lowest BCUT2D eigenvalue weighted by Gasteiger charge is -2.06. The zero-order valence-corrected chi connectivity index (χ0v) is 15.1. The van der Waals surface area contributed by atoms with E-state index in [2.05, 4.69) is 20.4 Å². The van der Waals surface area contributed by atoms with Crippen LogP contribution in [-0.2, 0) is 9.63 Å². The molecular formula is C19H14ClFN4O3. The Kier molecular flexibility index (Phi) is 6.48. The van der Waals surface area contributed by atoms with E-state index in [1.165, 1.54) is 18.3 Å². The molecule has 0 saturated heterocycles. The standard InChI is InChI=1S/C19H14ClFN4O3/c20-16-10-14(21)4-7-17(16)25-18(26)12-27-24-11-13-2-5-15(6-3-13)28-19-22-8-1-9-23-19/h1-11H,12H2,(H,25,26). The molecule has 0 aliphatic carbocycles. The molecule has 0 radical (unpaired) electrons. The maximum atomic E-state index is 13.0. The quantitative estimate of drug-likeness (QED) is 0.477. The van der Waals surface area contributed by atoms with Gasteiger partial charge in [0.1, 0.15) is 11.6 Å². The smallest absolute Gasteiger partial charge is 0.321 e. The summed E-state index contributed by atoms with van der Waals surface area (Å²) in [6.07, 6.45) is 4.61. The summed E-state index contributed by atoms with van der Waals surface area (Å²) in [7, 11) is 0.